The zero-order valence-corrected chi connectivity index (χ0v) is 22.2. The van der Waals surface area contributed by atoms with Crippen LogP contribution < -0.4 is 9.47 Å². The molecule has 0 fully saturated rings. The number of para-hydroxylation sites is 1. The zero-order chi connectivity index (χ0) is 25.1. The third-order valence-electron chi connectivity index (χ3n) is 8.15. The number of thiazole rings is 1. The number of allylic oxidation sites excluding steroid dienone is 1. The van der Waals surface area contributed by atoms with E-state index < -0.39 is 0 Å². The molecule has 1 unspecified atom stereocenters. The maximum atomic E-state index is 2.44. The fourth-order valence-electron chi connectivity index (χ4n) is 6.30. The van der Waals surface area contributed by atoms with E-state index in [9.17, 15) is 0 Å². The quantitative estimate of drug-likeness (QED) is 0.225. The van der Waals surface area contributed by atoms with Crippen LogP contribution >= 0.6 is 11.3 Å². The average Bonchev–Trinajstić information content (AvgIpc) is 3.35. The number of hydrogen-bond donors (Lipinski definition) is 0. The number of anilines is 1. The minimum atomic E-state index is -0.184. The highest BCUT2D eigenvalue weighted by Crippen LogP contribution is 2.52. The molecule has 1 atom stereocenters. The summed E-state index contributed by atoms with van der Waals surface area (Å²) in [5.41, 5.74) is 6.53. The Labute approximate surface area is 221 Å². The first-order chi connectivity index (χ1) is 18.0. The van der Waals surface area contributed by atoms with Crippen LogP contribution in [0.15, 0.2) is 109 Å². The largest absolute Gasteiger partial charge is 0.347 e. The van der Waals surface area contributed by atoms with Gasteiger partial charge in [-0.3, -0.25) is 0 Å². The smallest absolute Gasteiger partial charge is 0.264 e. The van der Waals surface area contributed by atoms with Crippen molar-refractivity contribution in [2.75, 3.05) is 11.9 Å². The van der Waals surface area contributed by atoms with Crippen LogP contribution in [0, 0.1) is 0 Å². The second-order valence-corrected chi connectivity index (χ2v) is 11.5. The molecule has 0 saturated heterocycles. The van der Waals surface area contributed by atoms with Gasteiger partial charge in [0, 0.05) is 36.0 Å². The van der Waals surface area contributed by atoms with Crippen LogP contribution in [0.25, 0.3) is 37.8 Å². The van der Waals surface area contributed by atoms with Crippen molar-refractivity contribution in [3.05, 3.63) is 125 Å². The fourth-order valence-corrected chi connectivity index (χ4v) is 7.39. The van der Waals surface area contributed by atoms with Crippen LogP contribution in [0.5, 0.6) is 0 Å². The van der Waals surface area contributed by atoms with E-state index >= 15 is 0 Å². The zero-order valence-electron chi connectivity index (χ0n) is 21.4. The third kappa shape index (κ3) is 3.42. The molecular weight excluding hydrogens is 468 g/mol. The molecule has 0 spiro atoms. The number of rotatable bonds is 3. The highest BCUT2D eigenvalue weighted by molar-refractivity contribution is 7.18. The van der Waals surface area contributed by atoms with Crippen molar-refractivity contribution in [3.63, 3.8) is 0 Å². The van der Waals surface area contributed by atoms with Crippen molar-refractivity contribution in [1.82, 2.24) is 0 Å². The number of aryl methyl sites for hydroxylation is 1. The van der Waals surface area contributed by atoms with Gasteiger partial charge in [-0.05, 0) is 58.1 Å². The summed E-state index contributed by atoms with van der Waals surface area (Å²) in [6.45, 7) is 2.44. The van der Waals surface area contributed by atoms with E-state index in [0.29, 0.717) is 0 Å². The Bertz CT molecular complexity index is 1860. The van der Waals surface area contributed by atoms with Gasteiger partial charge in [-0.25, -0.2) is 0 Å². The minimum absolute atomic E-state index is 0.184. The predicted molar refractivity (Wildman–Crippen MR) is 158 cm³/mol. The normalized spacial score (nSPS) is 18.4. The summed E-state index contributed by atoms with van der Waals surface area (Å²) in [7, 11) is 4.42. The van der Waals surface area contributed by atoms with Crippen LogP contribution in [0.2, 0.25) is 0 Å². The van der Waals surface area contributed by atoms with Crippen molar-refractivity contribution in [2.24, 2.45) is 7.05 Å². The topological polar surface area (TPSA) is 7.12 Å². The Kier molecular flexibility index (Phi) is 4.99. The predicted octanol–water partition coefficient (Wildman–Crippen LogP) is 8.02. The van der Waals surface area contributed by atoms with Crippen LogP contribution in [0.3, 0.4) is 0 Å². The molecule has 0 saturated carbocycles. The lowest BCUT2D eigenvalue weighted by molar-refractivity contribution is -0.642. The van der Waals surface area contributed by atoms with Gasteiger partial charge in [-0.1, -0.05) is 96.3 Å². The van der Waals surface area contributed by atoms with Crippen LogP contribution in [0.1, 0.15) is 23.1 Å². The molecule has 3 heteroatoms. The summed E-state index contributed by atoms with van der Waals surface area (Å²) in [4.78, 5) is 2.42. The van der Waals surface area contributed by atoms with Gasteiger partial charge in [0.15, 0.2) is 0 Å². The van der Waals surface area contributed by atoms with Gasteiger partial charge in [-0.2, -0.15) is 4.57 Å². The number of likely N-dealkylation sites (N-methyl/N-ethyl adjacent to an activating group) is 1. The Hall–Kier alpha value is -3.95. The Morgan fingerprint density at radius 3 is 2.35 bits per heavy atom. The van der Waals surface area contributed by atoms with E-state index in [0.717, 1.165) is 6.42 Å². The molecule has 1 aliphatic heterocycles. The number of nitrogens with zero attached hydrogens (tertiary/aromatic N) is 2. The van der Waals surface area contributed by atoms with Gasteiger partial charge in [0.2, 0.25) is 5.52 Å². The Morgan fingerprint density at radius 2 is 1.51 bits per heavy atom. The molecule has 37 heavy (non-hydrogen) atoms. The molecule has 0 amide bonds. The molecule has 6 aromatic rings. The van der Waals surface area contributed by atoms with Crippen LogP contribution in [0.4, 0.5) is 5.69 Å². The Morgan fingerprint density at radius 1 is 0.811 bits per heavy atom. The van der Waals surface area contributed by atoms with E-state index in [1.807, 2.05) is 11.3 Å². The van der Waals surface area contributed by atoms with Gasteiger partial charge in [0.25, 0.3) is 5.01 Å². The number of aromatic nitrogens is 1. The van der Waals surface area contributed by atoms with Crippen molar-refractivity contribution >= 4 is 54.9 Å². The summed E-state index contributed by atoms with van der Waals surface area (Å²) < 4.78 is 3.65. The monoisotopic (exact) mass is 497 g/mol. The lowest BCUT2D eigenvalue weighted by Crippen LogP contribution is -2.32. The van der Waals surface area contributed by atoms with Gasteiger partial charge >= 0.3 is 0 Å². The molecule has 2 nitrogen and oxygen atoms in total. The SMILES string of the molecule is CN1/C(=C/c2sc3ccccc3[n+]2C)C(C)(Cc2ccc3ccccc3c2)c2c1ccc1ccccc21. The maximum absolute atomic E-state index is 2.44. The van der Waals surface area contributed by atoms with E-state index in [2.05, 4.69) is 140 Å². The summed E-state index contributed by atoms with van der Waals surface area (Å²) in [5, 5.41) is 6.51. The van der Waals surface area contributed by atoms with E-state index in [4.69, 9.17) is 0 Å². The first-order valence-electron chi connectivity index (χ1n) is 12.9. The number of benzene rings is 5. The highest BCUT2D eigenvalue weighted by Gasteiger charge is 2.44. The molecule has 180 valence electrons. The van der Waals surface area contributed by atoms with E-state index in [1.54, 1.807) is 0 Å². The van der Waals surface area contributed by atoms with Crippen LogP contribution in [-0.4, -0.2) is 7.05 Å². The first-order valence-corrected chi connectivity index (χ1v) is 13.7. The lowest BCUT2D eigenvalue weighted by atomic mass is 9.74. The highest BCUT2D eigenvalue weighted by atomic mass is 32.1. The molecule has 7 rings (SSSR count). The van der Waals surface area contributed by atoms with E-state index in [1.165, 1.54) is 59.3 Å². The second-order valence-electron chi connectivity index (χ2n) is 10.4. The third-order valence-corrected chi connectivity index (χ3v) is 9.32. The standard InChI is InChI=1S/C34H29N2S/c1-34(22-23-16-17-24-10-4-5-12-26(24)20-23)31(21-32-36(3)28-14-8-9-15-30(28)37-32)35(2)29-19-18-25-11-6-7-13-27(25)33(29)34/h4-21H,22H2,1-3H3/q+1. The fraction of sp³-hybridized carbons (Fsp3) is 0.147. The molecule has 2 heterocycles. The number of hydrogen-bond acceptors (Lipinski definition) is 2. The molecule has 1 aliphatic rings. The van der Waals surface area contributed by atoms with Crippen LogP contribution in [-0.2, 0) is 18.9 Å². The van der Waals surface area contributed by atoms with Crippen molar-refractivity contribution in [3.8, 4) is 0 Å². The summed E-state index contributed by atoms with van der Waals surface area (Å²) in [6, 6.07) is 37.7. The van der Waals surface area contributed by atoms with Gasteiger partial charge in [0.1, 0.15) is 11.7 Å². The average molecular weight is 498 g/mol. The van der Waals surface area contributed by atoms with Crippen molar-refractivity contribution in [2.45, 2.75) is 18.8 Å². The molecule has 1 aromatic heterocycles. The second kappa shape index (κ2) is 8.29. The molecule has 0 N–H and O–H groups in total. The first kappa shape index (κ1) is 22.3. The summed E-state index contributed by atoms with van der Waals surface area (Å²) >= 11 is 1.86. The molecule has 0 aliphatic carbocycles. The summed E-state index contributed by atoms with van der Waals surface area (Å²) in [6.07, 6.45) is 3.37. The molecule has 0 radical (unpaired) electrons. The van der Waals surface area contributed by atoms with Gasteiger partial charge < -0.3 is 4.90 Å². The van der Waals surface area contributed by atoms with Gasteiger partial charge in [0.05, 0.1) is 0 Å². The van der Waals surface area contributed by atoms with Crippen molar-refractivity contribution < 1.29 is 4.57 Å². The Balaban J connectivity index is 1.46. The molecular formula is C34H29N2S+. The van der Waals surface area contributed by atoms with E-state index in [-0.39, 0.29) is 5.41 Å². The lowest BCUT2D eigenvalue weighted by Gasteiger charge is -2.29. The van der Waals surface area contributed by atoms with Gasteiger partial charge in [-0.15, -0.1) is 0 Å². The van der Waals surface area contributed by atoms with Crippen molar-refractivity contribution in [1.29, 1.82) is 0 Å². The minimum Gasteiger partial charge on any atom is -0.347 e. The number of fused-ring (bicyclic) bond motifs is 5. The maximum Gasteiger partial charge on any atom is 0.264 e. The molecule has 5 aromatic carbocycles. The summed E-state index contributed by atoms with van der Waals surface area (Å²) in [5.74, 6) is 0. The molecule has 0 bridgehead atoms.